The van der Waals surface area contributed by atoms with Crippen LogP contribution in [0.3, 0.4) is 0 Å². The lowest BCUT2D eigenvalue weighted by molar-refractivity contribution is 0.518. The van der Waals surface area contributed by atoms with Crippen LogP contribution in [-0.2, 0) is 0 Å². The predicted octanol–water partition coefficient (Wildman–Crippen LogP) is 3.74. The third-order valence-electron chi connectivity index (χ3n) is 2.83. The third kappa shape index (κ3) is 1.94. The largest absolute Gasteiger partial charge is 0.369 e. The number of nitrogen functional groups attached to an aromatic ring is 1. The highest BCUT2D eigenvalue weighted by atomic mass is 79.9. The van der Waals surface area contributed by atoms with Crippen LogP contribution in [0.2, 0.25) is 0 Å². The molecule has 0 bridgehead atoms. The fraction of sp³-hybridized carbons (Fsp3) is 0.417. The Morgan fingerprint density at radius 3 is 2.94 bits per heavy atom. The first-order valence-electron chi connectivity index (χ1n) is 5.56. The van der Waals surface area contributed by atoms with Gasteiger partial charge in [-0.15, -0.1) is 0 Å². The van der Waals surface area contributed by atoms with Crippen LogP contribution >= 0.6 is 15.9 Å². The summed E-state index contributed by atoms with van der Waals surface area (Å²) in [7, 11) is 0. The molecule has 0 aliphatic heterocycles. The van der Waals surface area contributed by atoms with Gasteiger partial charge in [-0.1, -0.05) is 29.3 Å². The number of benzene rings is 1. The second-order valence-electron chi connectivity index (χ2n) is 4.11. The standard InChI is InChI=1S/C12H16BrN3/c1-3-4-8(2)16-11-7-9(13)5-6-10(11)15-12(16)14/h5-8H,3-4H2,1-2H3,(H2,14,15). The van der Waals surface area contributed by atoms with Crippen LogP contribution in [0.5, 0.6) is 0 Å². The number of nitrogens with two attached hydrogens (primary N) is 1. The molecular formula is C12H16BrN3. The van der Waals surface area contributed by atoms with Crippen LogP contribution in [0.15, 0.2) is 22.7 Å². The van der Waals surface area contributed by atoms with E-state index in [-0.39, 0.29) is 0 Å². The van der Waals surface area contributed by atoms with Crippen molar-refractivity contribution in [3.8, 4) is 0 Å². The van der Waals surface area contributed by atoms with Crippen molar-refractivity contribution in [2.24, 2.45) is 0 Å². The van der Waals surface area contributed by atoms with Gasteiger partial charge in [0, 0.05) is 10.5 Å². The Kier molecular flexibility index (Phi) is 3.19. The van der Waals surface area contributed by atoms with Crippen LogP contribution in [-0.4, -0.2) is 9.55 Å². The van der Waals surface area contributed by atoms with Crippen molar-refractivity contribution in [1.29, 1.82) is 0 Å². The van der Waals surface area contributed by atoms with Crippen LogP contribution in [0, 0.1) is 0 Å². The topological polar surface area (TPSA) is 43.8 Å². The van der Waals surface area contributed by atoms with E-state index in [1.165, 1.54) is 0 Å². The molecule has 0 spiro atoms. The summed E-state index contributed by atoms with van der Waals surface area (Å²) in [4.78, 5) is 4.38. The second-order valence-corrected chi connectivity index (χ2v) is 5.03. The molecule has 2 N–H and O–H groups in total. The van der Waals surface area contributed by atoms with E-state index >= 15 is 0 Å². The number of anilines is 1. The summed E-state index contributed by atoms with van der Waals surface area (Å²) in [5.41, 5.74) is 8.04. The van der Waals surface area contributed by atoms with Gasteiger partial charge in [-0.25, -0.2) is 4.98 Å². The number of hydrogen-bond acceptors (Lipinski definition) is 2. The maximum atomic E-state index is 5.97. The highest BCUT2D eigenvalue weighted by Crippen LogP contribution is 2.27. The van der Waals surface area contributed by atoms with Crippen molar-refractivity contribution in [1.82, 2.24) is 9.55 Å². The zero-order chi connectivity index (χ0) is 11.7. The van der Waals surface area contributed by atoms with Crippen LogP contribution < -0.4 is 5.73 Å². The molecule has 0 amide bonds. The van der Waals surface area contributed by atoms with E-state index in [1.54, 1.807) is 0 Å². The zero-order valence-electron chi connectivity index (χ0n) is 9.57. The summed E-state index contributed by atoms with van der Waals surface area (Å²) in [5, 5.41) is 0. The first kappa shape index (κ1) is 11.5. The molecule has 0 saturated carbocycles. The first-order valence-corrected chi connectivity index (χ1v) is 6.35. The molecule has 4 heteroatoms. The molecule has 1 aromatic carbocycles. The Morgan fingerprint density at radius 2 is 2.25 bits per heavy atom. The molecule has 1 unspecified atom stereocenters. The molecule has 2 aromatic rings. The summed E-state index contributed by atoms with van der Waals surface area (Å²) in [5.74, 6) is 0.606. The zero-order valence-corrected chi connectivity index (χ0v) is 11.2. The minimum absolute atomic E-state index is 0.393. The molecule has 86 valence electrons. The van der Waals surface area contributed by atoms with Gasteiger partial charge in [0.15, 0.2) is 0 Å². The van der Waals surface area contributed by atoms with Gasteiger partial charge in [-0.2, -0.15) is 0 Å². The minimum atomic E-state index is 0.393. The van der Waals surface area contributed by atoms with Gasteiger partial charge in [0.05, 0.1) is 11.0 Å². The molecule has 0 radical (unpaired) electrons. The molecule has 3 nitrogen and oxygen atoms in total. The SMILES string of the molecule is CCCC(C)n1c(N)nc2ccc(Br)cc21. The summed E-state index contributed by atoms with van der Waals surface area (Å²) >= 11 is 3.48. The molecule has 1 aromatic heterocycles. The van der Waals surface area contributed by atoms with Gasteiger partial charge >= 0.3 is 0 Å². The summed E-state index contributed by atoms with van der Waals surface area (Å²) in [6.07, 6.45) is 2.26. The molecule has 0 aliphatic rings. The van der Waals surface area contributed by atoms with E-state index in [0.29, 0.717) is 12.0 Å². The van der Waals surface area contributed by atoms with E-state index in [4.69, 9.17) is 5.73 Å². The molecule has 0 aliphatic carbocycles. The molecule has 0 fully saturated rings. The number of halogens is 1. The highest BCUT2D eigenvalue weighted by Gasteiger charge is 2.13. The lowest BCUT2D eigenvalue weighted by Crippen LogP contribution is -2.08. The van der Waals surface area contributed by atoms with E-state index < -0.39 is 0 Å². The van der Waals surface area contributed by atoms with E-state index in [2.05, 4.69) is 45.4 Å². The monoisotopic (exact) mass is 281 g/mol. The quantitative estimate of drug-likeness (QED) is 0.931. The molecule has 16 heavy (non-hydrogen) atoms. The smallest absolute Gasteiger partial charge is 0.201 e. The van der Waals surface area contributed by atoms with Crippen molar-refractivity contribution in [3.05, 3.63) is 22.7 Å². The van der Waals surface area contributed by atoms with Gasteiger partial charge in [-0.3, -0.25) is 0 Å². The Morgan fingerprint density at radius 1 is 1.50 bits per heavy atom. The molecule has 2 rings (SSSR count). The van der Waals surface area contributed by atoms with Crippen LogP contribution in [0.1, 0.15) is 32.7 Å². The normalized spacial score (nSPS) is 13.2. The average molecular weight is 282 g/mol. The lowest BCUT2D eigenvalue weighted by atomic mass is 10.2. The first-order chi connectivity index (χ1) is 7.63. The molecule has 1 atom stereocenters. The second kappa shape index (κ2) is 4.45. The number of hydrogen-bond donors (Lipinski definition) is 1. The van der Waals surface area contributed by atoms with Gasteiger partial charge in [0.1, 0.15) is 0 Å². The van der Waals surface area contributed by atoms with E-state index in [1.807, 2.05) is 12.1 Å². The summed E-state index contributed by atoms with van der Waals surface area (Å²) in [6, 6.07) is 6.45. The number of rotatable bonds is 3. The van der Waals surface area contributed by atoms with Crippen LogP contribution in [0.25, 0.3) is 11.0 Å². The van der Waals surface area contributed by atoms with Crippen molar-refractivity contribution in [2.45, 2.75) is 32.7 Å². The third-order valence-corrected chi connectivity index (χ3v) is 3.32. The van der Waals surface area contributed by atoms with Crippen molar-refractivity contribution in [2.75, 3.05) is 5.73 Å². The molecular weight excluding hydrogens is 266 g/mol. The number of fused-ring (bicyclic) bond motifs is 1. The summed E-state index contributed by atoms with van der Waals surface area (Å²) in [6.45, 7) is 4.36. The van der Waals surface area contributed by atoms with Crippen molar-refractivity contribution >= 4 is 32.9 Å². The Hall–Kier alpha value is -1.03. The maximum absolute atomic E-state index is 5.97. The van der Waals surface area contributed by atoms with Gasteiger partial charge in [0.2, 0.25) is 5.95 Å². The highest BCUT2D eigenvalue weighted by molar-refractivity contribution is 9.10. The van der Waals surface area contributed by atoms with E-state index in [9.17, 15) is 0 Å². The number of nitrogens with zero attached hydrogens (tertiary/aromatic N) is 2. The van der Waals surface area contributed by atoms with Crippen LogP contribution in [0.4, 0.5) is 5.95 Å². The Labute approximate surface area is 104 Å². The molecule has 1 heterocycles. The van der Waals surface area contributed by atoms with Gasteiger partial charge in [0.25, 0.3) is 0 Å². The molecule has 0 saturated heterocycles. The minimum Gasteiger partial charge on any atom is -0.369 e. The van der Waals surface area contributed by atoms with E-state index in [0.717, 1.165) is 28.3 Å². The van der Waals surface area contributed by atoms with Crippen molar-refractivity contribution in [3.63, 3.8) is 0 Å². The number of imidazole rings is 1. The Bertz CT molecular complexity index is 504. The Balaban J connectivity index is 2.58. The average Bonchev–Trinajstić information content (AvgIpc) is 2.53. The predicted molar refractivity (Wildman–Crippen MR) is 71.5 cm³/mol. The number of aromatic nitrogens is 2. The lowest BCUT2D eigenvalue weighted by Gasteiger charge is -2.14. The van der Waals surface area contributed by atoms with Gasteiger partial charge in [-0.05, 0) is 31.5 Å². The summed E-state index contributed by atoms with van der Waals surface area (Å²) < 4.78 is 3.17. The fourth-order valence-corrected chi connectivity index (χ4v) is 2.44. The van der Waals surface area contributed by atoms with Gasteiger partial charge < -0.3 is 10.3 Å². The van der Waals surface area contributed by atoms with Crippen molar-refractivity contribution < 1.29 is 0 Å². The maximum Gasteiger partial charge on any atom is 0.201 e. The fourth-order valence-electron chi connectivity index (χ4n) is 2.09.